The second kappa shape index (κ2) is 5.19. The van der Waals surface area contributed by atoms with E-state index in [4.69, 9.17) is 10.8 Å². The summed E-state index contributed by atoms with van der Waals surface area (Å²) in [6.07, 6.45) is 0. The first kappa shape index (κ1) is 13.5. The molecule has 0 saturated heterocycles. The highest BCUT2D eigenvalue weighted by Gasteiger charge is 2.28. The predicted octanol–water partition coefficient (Wildman–Crippen LogP) is 1.81. The zero-order chi connectivity index (χ0) is 13.1. The Morgan fingerprint density at radius 3 is 2.65 bits per heavy atom. The molecule has 0 bridgehead atoms. The molecule has 0 aromatic heterocycles. The maximum Gasteiger partial charge on any atom is 0.310 e. The molecule has 3 N–H and O–H groups in total. The molecule has 0 fully saturated rings. The summed E-state index contributed by atoms with van der Waals surface area (Å²) in [4.78, 5) is 13.0. The zero-order valence-corrected chi connectivity index (χ0v) is 10.6. The number of rotatable bonds is 5. The van der Waals surface area contributed by atoms with Crippen LogP contribution in [-0.2, 0) is 11.3 Å². The summed E-state index contributed by atoms with van der Waals surface area (Å²) in [6.45, 7) is 4.65. The number of hydrogen-bond donors (Lipinski definition) is 2. The monoisotopic (exact) mass is 236 g/mol. The smallest absolute Gasteiger partial charge is 0.310 e. The molecule has 0 aliphatic rings. The zero-order valence-electron chi connectivity index (χ0n) is 10.6. The first-order valence-corrected chi connectivity index (χ1v) is 5.57. The SMILES string of the molecule is CN(Cc1cccc(N)c1)CC(C)(C)C(=O)O. The minimum Gasteiger partial charge on any atom is -0.481 e. The summed E-state index contributed by atoms with van der Waals surface area (Å²) in [7, 11) is 1.91. The van der Waals surface area contributed by atoms with Crippen LogP contribution in [0.25, 0.3) is 0 Å². The van der Waals surface area contributed by atoms with Gasteiger partial charge in [-0.3, -0.25) is 4.79 Å². The molecule has 17 heavy (non-hydrogen) atoms. The first-order valence-electron chi connectivity index (χ1n) is 5.57. The van der Waals surface area contributed by atoms with E-state index in [0.29, 0.717) is 13.1 Å². The van der Waals surface area contributed by atoms with E-state index < -0.39 is 11.4 Å². The second-order valence-corrected chi connectivity index (χ2v) is 5.11. The fourth-order valence-corrected chi connectivity index (χ4v) is 1.80. The highest BCUT2D eigenvalue weighted by molar-refractivity contribution is 5.73. The fourth-order valence-electron chi connectivity index (χ4n) is 1.80. The van der Waals surface area contributed by atoms with E-state index in [-0.39, 0.29) is 0 Å². The summed E-state index contributed by atoms with van der Waals surface area (Å²) in [5.41, 5.74) is 6.78. The van der Waals surface area contributed by atoms with E-state index in [2.05, 4.69) is 0 Å². The third-order valence-electron chi connectivity index (χ3n) is 2.65. The van der Waals surface area contributed by atoms with Gasteiger partial charge >= 0.3 is 5.97 Å². The van der Waals surface area contributed by atoms with Gasteiger partial charge in [0.05, 0.1) is 5.41 Å². The fraction of sp³-hybridized carbons (Fsp3) is 0.462. The lowest BCUT2D eigenvalue weighted by atomic mass is 9.93. The molecule has 0 radical (unpaired) electrons. The van der Waals surface area contributed by atoms with E-state index in [1.54, 1.807) is 13.8 Å². The molecule has 94 valence electrons. The maximum absolute atomic E-state index is 11.0. The molecule has 1 aromatic carbocycles. The van der Waals surface area contributed by atoms with Crippen LogP contribution in [0.3, 0.4) is 0 Å². The third kappa shape index (κ3) is 4.07. The number of carbonyl (C=O) groups is 1. The van der Waals surface area contributed by atoms with E-state index in [0.717, 1.165) is 11.3 Å². The molecule has 4 heteroatoms. The third-order valence-corrected chi connectivity index (χ3v) is 2.65. The van der Waals surface area contributed by atoms with Crippen molar-refractivity contribution < 1.29 is 9.90 Å². The van der Waals surface area contributed by atoms with Gasteiger partial charge in [-0.2, -0.15) is 0 Å². The lowest BCUT2D eigenvalue weighted by molar-refractivity contribution is -0.147. The normalized spacial score (nSPS) is 11.8. The topological polar surface area (TPSA) is 66.6 Å². The van der Waals surface area contributed by atoms with Gasteiger partial charge in [-0.15, -0.1) is 0 Å². The maximum atomic E-state index is 11.0. The summed E-state index contributed by atoms with van der Waals surface area (Å²) >= 11 is 0. The predicted molar refractivity (Wildman–Crippen MR) is 68.6 cm³/mol. The molecular weight excluding hydrogens is 216 g/mol. The van der Waals surface area contributed by atoms with Gasteiger partial charge in [0, 0.05) is 18.8 Å². The van der Waals surface area contributed by atoms with Crippen molar-refractivity contribution in [2.24, 2.45) is 5.41 Å². The minimum absolute atomic E-state index is 0.497. The Balaban J connectivity index is 2.61. The van der Waals surface area contributed by atoms with Crippen molar-refractivity contribution in [3.8, 4) is 0 Å². The van der Waals surface area contributed by atoms with Crippen LogP contribution >= 0.6 is 0 Å². The molecule has 1 aromatic rings. The van der Waals surface area contributed by atoms with E-state index >= 15 is 0 Å². The highest BCUT2D eigenvalue weighted by atomic mass is 16.4. The average molecular weight is 236 g/mol. The van der Waals surface area contributed by atoms with Gasteiger partial charge < -0.3 is 15.7 Å². The minimum atomic E-state index is -0.781. The molecule has 0 amide bonds. The Kier molecular flexibility index (Phi) is 4.12. The van der Waals surface area contributed by atoms with E-state index in [1.807, 2.05) is 36.2 Å². The van der Waals surface area contributed by atoms with Crippen molar-refractivity contribution in [3.05, 3.63) is 29.8 Å². The van der Waals surface area contributed by atoms with Crippen molar-refractivity contribution >= 4 is 11.7 Å². The van der Waals surface area contributed by atoms with Gasteiger partial charge in [0.25, 0.3) is 0 Å². The standard InChI is InChI=1S/C13H20N2O2/c1-13(2,12(16)17)9-15(3)8-10-5-4-6-11(14)7-10/h4-7H,8-9,14H2,1-3H3,(H,16,17). The van der Waals surface area contributed by atoms with Crippen LogP contribution in [0.5, 0.6) is 0 Å². The van der Waals surface area contributed by atoms with Gasteiger partial charge in [0.1, 0.15) is 0 Å². The van der Waals surface area contributed by atoms with Crippen molar-refractivity contribution in [2.75, 3.05) is 19.3 Å². The number of hydrogen-bond acceptors (Lipinski definition) is 3. The lowest BCUT2D eigenvalue weighted by Crippen LogP contribution is -2.36. The molecule has 4 nitrogen and oxygen atoms in total. The number of aliphatic carboxylic acids is 1. The number of carboxylic acid groups (broad SMARTS) is 1. The summed E-state index contributed by atoms with van der Waals surface area (Å²) in [5, 5.41) is 9.05. The number of nitrogen functional groups attached to an aromatic ring is 1. The highest BCUT2D eigenvalue weighted by Crippen LogP contribution is 2.18. The molecule has 1 rings (SSSR count). The molecule has 0 saturated carbocycles. The van der Waals surface area contributed by atoms with Crippen molar-refractivity contribution in [2.45, 2.75) is 20.4 Å². The van der Waals surface area contributed by atoms with Crippen molar-refractivity contribution in [1.29, 1.82) is 0 Å². The first-order chi connectivity index (χ1) is 7.81. The van der Waals surface area contributed by atoms with Gasteiger partial charge in [0.15, 0.2) is 0 Å². The Morgan fingerprint density at radius 2 is 2.12 bits per heavy atom. The average Bonchev–Trinajstić information content (AvgIpc) is 2.15. The van der Waals surface area contributed by atoms with Crippen molar-refractivity contribution in [3.63, 3.8) is 0 Å². The van der Waals surface area contributed by atoms with Gasteiger partial charge in [-0.05, 0) is 38.6 Å². The molecular formula is C13H20N2O2. The van der Waals surface area contributed by atoms with Crippen LogP contribution in [0.2, 0.25) is 0 Å². The molecule has 0 unspecified atom stereocenters. The number of benzene rings is 1. The quantitative estimate of drug-likeness (QED) is 0.765. The molecule has 0 heterocycles. The van der Waals surface area contributed by atoms with E-state index in [9.17, 15) is 4.79 Å². The number of nitrogens with two attached hydrogens (primary N) is 1. The molecule has 0 aliphatic heterocycles. The Labute approximate surface area is 102 Å². The van der Waals surface area contributed by atoms with Crippen molar-refractivity contribution in [1.82, 2.24) is 4.90 Å². The van der Waals surface area contributed by atoms with Gasteiger partial charge in [-0.25, -0.2) is 0 Å². The lowest BCUT2D eigenvalue weighted by Gasteiger charge is -2.26. The van der Waals surface area contributed by atoms with Crippen LogP contribution in [0, 0.1) is 5.41 Å². The second-order valence-electron chi connectivity index (χ2n) is 5.11. The van der Waals surface area contributed by atoms with Gasteiger partial charge in [0.2, 0.25) is 0 Å². The molecule has 0 atom stereocenters. The van der Waals surface area contributed by atoms with Crippen LogP contribution in [0.1, 0.15) is 19.4 Å². The summed E-state index contributed by atoms with van der Waals surface area (Å²) in [6, 6.07) is 7.64. The number of carboxylic acids is 1. The summed E-state index contributed by atoms with van der Waals surface area (Å²) in [5.74, 6) is -0.781. The number of anilines is 1. The largest absolute Gasteiger partial charge is 0.481 e. The van der Waals surface area contributed by atoms with Crippen LogP contribution in [0.15, 0.2) is 24.3 Å². The van der Waals surface area contributed by atoms with E-state index in [1.165, 1.54) is 0 Å². The van der Waals surface area contributed by atoms with Crippen LogP contribution in [-0.4, -0.2) is 29.6 Å². The molecule has 0 spiro atoms. The Morgan fingerprint density at radius 1 is 1.47 bits per heavy atom. The van der Waals surface area contributed by atoms with Crippen LogP contribution in [0.4, 0.5) is 5.69 Å². The van der Waals surface area contributed by atoms with Crippen LogP contribution < -0.4 is 5.73 Å². The van der Waals surface area contributed by atoms with Gasteiger partial charge in [-0.1, -0.05) is 12.1 Å². The molecule has 0 aliphatic carbocycles. The Bertz CT molecular complexity index is 402. The summed E-state index contributed by atoms with van der Waals surface area (Å²) < 4.78 is 0. The Hall–Kier alpha value is -1.55. The number of nitrogens with zero attached hydrogens (tertiary/aromatic N) is 1.